The lowest BCUT2D eigenvalue weighted by Gasteiger charge is -2.36. The molecule has 1 aliphatic heterocycles. The van der Waals surface area contributed by atoms with Gasteiger partial charge in [0, 0.05) is 13.1 Å². The summed E-state index contributed by atoms with van der Waals surface area (Å²) in [7, 11) is -3.31. The molecular weight excluding hydrogens is 252 g/mol. The number of carbonyl (C=O) groups is 1. The van der Waals surface area contributed by atoms with Crippen LogP contribution < -0.4 is 5.32 Å². The number of hydrogen-bond donors (Lipinski definition) is 1. The van der Waals surface area contributed by atoms with Crippen LogP contribution in [0.5, 0.6) is 0 Å². The van der Waals surface area contributed by atoms with Crippen LogP contribution in [0.4, 0.5) is 0 Å². The predicted molar refractivity (Wildman–Crippen MR) is 69.6 cm³/mol. The van der Waals surface area contributed by atoms with Gasteiger partial charge >= 0.3 is 0 Å². The van der Waals surface area contributed by atoms with Gasteiger partial charge in [0.15, 0.2) is 0 Å². The number of hydrogen-bond acceptors (Lipinski definition) is 3. The van der Waals surface area contributed by atoms with Gasteiger partial charge in [0.25, 0.3) is 0 Å². The largest absolute Gasteiger partial charge is 0.353 e. The van der Waals surface area contributed by atoms with E-state index in [1.165, 1.54) is 4.31 Å². The summed E-state index contributed by atoms with van der Waals surface area (Å²) in [4.78, 5) is 11.7. The Morgan fingerprint density at radius 1 is 1.28 bits per heavy atom. The molecule has 2 rings (SSSR count). The second-order valence-corrected chi connectivity index (χ2v) is 7.30. The van der Waals surface area contributed by atoms with Crippen molar-refractivity contribution < 1.29 is 13.2 Å². The summed E-state index contributed by atoms with van der Waals surface area (Å²) in [6.07, 6.45) is 5.14. The van der Waals surface area contributed by atoms with Crippen LogP contribution in [-0.2, 0) is 14.8 Å². The van der Waals surface area contributed by atoms with Crippen molar-refractivity contribution in [3.8, 4) is 0 Å². The average Bonchev–Trinajstić information content (AvgIpc) is 2.39. The zero-order valence-electron chi connectivity index (χ0n) is 10.9. The van der Waals surface area contributed by atoms with Gasteiger partial charge in [0.2, 0.25) is 15.9 Å². The molecule has 1 atom stereocenters. The number of carbonyl (C=O) groups excluding carboxylic acids is 1. The van der Waals surface area contributed by atoms with Crippen molar-refractivity contribution in [2.75, 3.05) is 13.1 Å². The third-order valence-electron chi connectivity index (χ3n) is 3.97. The van der Waals surface area contributed by atoms with Gasteiger partial charge in [-0.15, -0.1) is 0 Å². The van der Waals surface area contributed by atoms with Gasteiger partial charge < -0.3 is 5.32 Å². The molecule has 0 aromatic carbocycles. The van der Waals surface area contributed by atoms with Gasteiger partial charge in [-0.1, -0.05) is 26.2 Å². The van der Waals surface area contributed by atoms with Crippen molar-refractivity contribution >= 4 is 15.9 Å². The van der Waals surface area contributed by atoms with E-state index < -0.39 is 16.1 Å². The molecule has 1 amide bonds. The van der Waals surface area contributed by atoms with Crippen molar-refractivity contribution in [1.82, 2.24) is 9.62 Å². The van der Waals surface area contributed by atoms with Gasteiger partial charge in [-0.2, -0.15) is 4.31 Å². The smallest absolute Gasteiger partial charge is 0.238 e. The minimum atomic E-state index is -3.31. The number of sulfonamides is 1. The lowest BCUT2D eigenvalue weighted by molar-refractivity contribution is -0.126. The third kappa shape index (κ3) is 2.54. The summed E-state index contributed by atoms with van der Waals surface area (Å²) in [5.74, 6) is -0.150. The second kappa shape index (κ2) is 5.57. The maximum atomic E-state index is 12.6. The van der Waals surface area contributed by atoms with Crippen LogP contribution in [-0.4, -0.2) is 43.0 Å². The highest BCUT2D eigenvalue weighted by Crippen LogP contribution is 2.28. The molecule has 0 aromatic rings. The maximum absolute atomic E-state index is 12.6. The Labute approximate surface area is 109 Å². The van der Waals surface area contributed by atoms with Crippen molar-refractivity contribution in [2.24, 2.45) is 0 Å². The molecule has 2 fully saturated rings. The fourth-order valence-electron chi connectivity index (χ4n) is 2.94. The third-order valence-corrected chi connectivity index (χ3v) is 6.37. The average molecular weight is 274 g/mol. The van der Waals surface area contributed by atoms with Crippen molar-refractivity contribution in [3.63, 3.8) is 0 Å². The molecule has 1 aliphatic carbocycles. The van der Waals surface area contributed by atoms with E-state index >= 15 is 0 Å². The van der Waals surface area contributed by atoms with Gasteiger partial charge in [0.05, 0.1) is 5.25 Å². The molecule has 1 saturated heterocycles. The Kier molecular flexibility index (Phi) is 4.27. The standard InChI is InChI=1S/C12H22N2O3S/c1-2-11-12(15)13-8-9-14(11)18(16,17)10-6-4-3-5-7-10/h10-11H,2-9H2,1H3,(H,13,15). The Balaban J connectivity index is 2.19. The molecule has 6 heteroatoms. The summed E-state index contributed by atoms with van der Waals surface area (Å²) in [5, 5.41) is 2.47. The highest BCUT2D eigenvalue weighted by molar-refractivity contribution is 7.89. The first-order valence-electron chi connectivity index (χ1n) is 6.85. The molecule has 1 heterocycles. The van der Waals surface area contributed by atoms with E-state index in [-0.39, 0.29) is 11.2 Å². The number of rotatable bonds is 3. The van der Waals surface area contributed by atoms with E-state index in [1.54, 1.807) is 0 Å². The Morgan fingerprint density at radius 3 is 2.56 bits per heavy atom. The highest BCUT2D eigenvalue weighted by atomic mass is 32.2. The van der Waals surface area contributed by atoms with Gasteiger partial charge in [-0.3, -0.25) is 4.79 Å². The topological polar surface area (TPSA) is 66.5 Å². The van der Waals surface area contributed by atoms with E-state index in [0.717, 1.165) is 32.1 Å². The van der Waals surface area contributed by atoms with Crippen LogP contribution in [0.1, 0.15) is 45.4 Å². The normalized spacial score (nSPS) is 28.1. The molecule has 0 spiro atoms. The summed E-state index contributed by atoms with van der Waals surface area (Å²) in [6.45, 7) is 2.71. The van der Waals surface area contributed by atoms with Gasteiger partial charge in [-0.25, -0.2) is 8.42 Å². The van der Waals surface area contributed by atoms with Crippen molar-refractivity contribution in [3.05, 3.63) is 0 Å². The predicted octanol–water partition coefficient (Wildman–Crippen LogP) is 0.859. The Hall–Kier alpha value is -0.620. The monoisotopic (exact) mass is 274 g/mol. The SMILES string of the molecule is CCC1C(=O)NCCN1S(=O)(=O)C1CCCCC1. The molecular formula is C12H22N2O3S. The van der Waals surface area contributed by atoms with Crippen molar-refractivity contribution in [1.29, 1.82) is 0 Å². The molecule has 104 valence electrons. The fraction of sp³-hybridized carbons (Fsp3) is 0.917. The quantitative estimate of drug-likeness (QED) is 0.830. The Morgan fingerprint density at radius 2 is 1.94 bits per heavy atom. The lowest BCUT2D eigenvalue weighted by Crippen LogP contribution is -2.58. The molecule has 0 radical (unpaired) electrons. The molecule has 2 aliphatic rings. The highest BCUT2D eigenvalue weighted by Gasteiger charge is 2.40. The molecule has 0 aromatic heterocycles. The number of amides is 1. The van der Waals surface area contributed by atoms with Crippen LogP contribution in [0.2, 0.25) is 0 Å². The minimum absolute atomic E-state index is 0.150. The molecule has 1 saturated carbocycles. The summed E-state index contributed by atoms with van der Waals surface area (Å²) >= 11 is 0. The molecule has 1 unspecified atom stereocenters. The zero-order valence-corrected chi connectivity index (χ0v) is 11.7. The molecule has 1 N–H and O–H groups in total. The first-order valence-corrected chi connectivity index (χ1v) is 8.36. The molecule has 0 bridgehead atoms. The second-order valence-electron chi connectivity index (χ2n) is 5.13. The lowest BCUT2D eigenvalue weighted by atomic mass is 10.0. The van der Waals surface area contributed by atoms with Crippen LogP contribution in [0.15, 0.2) is 0 Å². The van der Waals surface area contributed by atoms with Gasteiger partial charge in [0.1, 0.15) is 6.04 Å². The van der Waals surface area contributed by atoms with Crippen LogP contribution in [0.3, 0.4) is 0 Å². The number of nitrogens with one attached hydrogen (secondary N) is 1. The fourth-order valence-corrected chi connectivity index (χ4v) is 5.20. The van der Waals surface area contributed by atoms with E-state index in [9.17, 15) is 13.2 Å². The zero-order chi connectivity index (χ0) is 13.2. The van der Waals surface area contributed by atoms with Crippen LogP contribution in [0.25, 0.3) is 0 Å². The summed E-state index contributed by atoms with van der Waals surface area (Å²) in [6, 6.07) is -0.509. The molecule has 18 heavy (non-hydrogen) atoms. The van der Waals surface area contributed by atoms with Crippen molar-refractivity contribution in [2.45, 2.75) is 56.7 Å². The minimum Gasteiger partial charge on any atom is -0.353 e. The maximum Gasteiger partial charge on any atom is 0.238 e. The summed E-state index contributed by atoms with van der Waals surface area (Å²) in [5.41, 5.74) is 0. The first-order chi connectivity index (χ1) is 8.57. The number of piperazine rings is 1. The van der Waals surface area contributed by atoms with Crippen LogP contribution >= 0.6 is 0 Å². The summed E-state index contributed by atoms with van der Waals surface area (Å²) < 4.78 is 26.6. The van der Waals surface area contributed by atoms with E-state index in [1.807, 2.05) is 6.92 Å². The van der Waals surface area contributed by atoms with Gasteiger partial charge in [-0.05, 0) is 19.3 Å². The first kappa shape index (κ1) is 13.8. The molecule has 5 nitrogen and oxygen atoms in total. The van der Waals surface area contributed by atoms with Crippen LogP contribution in [0, 0.1) is 0 Å². The van der Waals surface area contributed by atoms with E-state index in [0.29, 0.717) is 19.5 Å². The van der Waals surface area contributed by atoms with E-state index in [4.69, 9.17) is 0 Å². The Bertz CT molecular complexity index is 402. The number of nitrogens with zero attached hydrogens (tertiary/aromatic N) is 1. The van der Waals surface area contributed by atoms with E-state index in [2.05, 4.69) is 5.32 Å².